The van der Waals surface area contributed by atoms with E-state index < -0.39 is 5.97 Å². The van der Waals surface area contributed by atoms with E-state index in [1.54, 1.807) is 7.11 Å². The van der Waals surface area contributed by atoms with Crippen LogP contribution in [0.4, 0.5) is 5.69 Å². The van der Waals surface area contributed by atoms with Gasteiger partial charge in [-0.2, -0.15) is 0 Å². The Morgan fingerprint density at radius 1 is 1.21 bits per heavy atom. The molecule has 1 rings (SSSR count). The number of hydrogen-bond acceptors (Lipinski definition) is 4. The number of carbonyl (C=O) groups is 2. The van der Waals surface area contributed by atoms with Crippen molar-refractivity contribution in [2.75, 3.05) is 19.5 Å². The largest absolute Gasteiger partial charge is 0.495 e. The second-order valence-electron chi connectivity index (χ2n) is 4.01. The number of hydrogen-bond donors (Lipinski definition) is 1. The summed E-state index contributed by atoms with van der Waals surface area (Å²) in [6.45, 7) is 2.03. The van der Waals surface area contributed by atoms with Crippen LogP contribution in [0.15, 0.2) is 18.2 Å². The molecule has 0 atom stereocenters. The summed E-state index contributed by atoms with van der Waals surface area (Å²) in [4.78, 5) is 22.7. The topological polar surface area (TPSA) is 64.6 Å². The minimum atomic E-state index is -0.399. The van der Waals surface area contributed by atoms with Crippen molar-refractivity contribution in [1.82, 2.24) is 0 Å². The zero-order valence-corrected chi connectivity index (χ0v) is 11.5. The molecule has 0 bridgehead atoms. The van der Waals surface area contributed by atoms with E-state index in [1.165, 1.54) is 7.11 Å². The van der Waals surface area contributed by atoms with Gasteiger partial charge in [-0.25, -0.2) is 0 Å². The molecule has 0 fully saturated rings. The Morgan fingerprint density at radius 3 is 2.53 bits per heavy atom. The molecule has 1 amide bonds. The van der Waals surface area contributed by atoms with Crippen LogP contribution in [-0.4, -0.2) is 26.1 Å². The Bertz CT molecular complexity index is 457. The first-order valence-electron chi connectivity index (χ1n) is 6.14. The monoisotopic (exact) mass is 265 g/mol. The lowest BCUT2D eigenvalue weighted by Crippen LogP contribution is -2.14. The molecule has 1 N–H and O–H groups in total. The lowest BCUT2D eigenvalue weighted by Gasteiger charge is -2.11. The quantitative estimate of drug-likeness (QED) is 0.800. The third kappa shape index (κ3) is 4.62. The van der Waals surface area contributed by atoms with Gasteiger partial charge in [-0.1, -0.05) is 13.0 Å². The molecule has 19 heavy (non-hydrogen) atoms. The van der Waals surface area contributed by atoms with Crippen LogP contribution < -0.4 is 10.1 Å². The number of rotatable bonds is 6. The molecule has 0 aromatic heterocycles. The molecule has 104 valence electrons. The normalized spacial score (nSPS) is 9.84. The van der Waals surface area contributed by atoms with Crippen LogP contribution in [0.5, 0.6) is 5.75 Å². The molecule has 1 aromatic carbocycles. The standard InChI is InChI=1S/C14H19NO4/c1-4-10-5-6-12(18-2)11(9-10)15-13(16)7-8-14(17)19-3/h5-6,9H,4,7-8H2,1-3H3,(H,15,16). The maximum atomic E-state index is 11.7. The molecule has 0 aliphatic heterocycles. The van der Waals surface area contributed by atoms with E-state index >= 15 is 0 Å². The van der Waals surface area contributed by atoms with Crippen LogP contribution in [0.2, 0.25) is 0 Å². The van der Waals surface area contributed by atoms with E-state index in [-0.39, 0.29) is 18.7 Å². The molecule has 0 aliphatic rings. The summed E-state index contributed by atoms with van der Waals surface area (Å²) < 4.78 is 9.67. The molecule has 0 radical (unpaired) electrons. The summed E-state index contributed by atoms with van der Waals surface area (Å²) in [5.74, 6) is -0.0370. The van der Waals surface area contributed by atoms with E-state index in [0.717, 1.165) is 12.0 Å². The second-order valence-corrected chi connectivity index (χ2v) is 4.01. The fourth-order valence-electron chi connectivity index (χ4n) is 1.60. The van der Waals surface area contributed by atoms with Crippen molar-refractivity contribution >= 4 is 17.6 Å². The van der Waals surface area contributed by atoms with Gasteiger partial charge >= 0.3 is 5.97 Å². The highest BCUT2D eigenvalue weighted by Gasteiger charge is 2.10. The zero-order chi connectivity index (χ0) is 14.3. The first-order valence-corrected chi connectivity index (χ1v) is 6.14. The molecule has 0 unspecified atom stereocenters. The Balaban J connectivity index is 2.69. The van der Waals surface area contributed by atoms with Crippen molar-refractivity contribution in [1.29, 1.82) is 0 Å². The molecule has 0 heterocycles. The molecule has 0 aliphatic carbocycles. The van der Waals surface area contributed by atoms with Gasteiger partial charge in [0.2, 0.25) is 5.91 Å². The number of amides is 1. The number of anilines is 1. The number of aryl methyl sites for hydroxylation is 1. The van der Waals surface area contributed by atoms with Crippen molar-refractivity contribution in [2.24, 2.45) is 0 Å². The van der Waals surface area contributed by atoms with Crippen LogP contribution in [0.1, 0.15) is 25.3 Å². The van der Waals surface area contributed by atoms with E-state index in [1.807, 2.05) is 25.1 Å². The lowest BCUT2D eigenvalue weighted by atomic mass is 10.1. The Kier molecular flexibility index (Phi) is 5.85. The van der Waals surface area contributed by atoms with Crippen LogP contribution in [0, 0.1) is 0 Å². The van der Waals surface area contributed by atoms with Crippen LogP contribution in [-0.2, 0) is 20.7 Å². The average molecular weight is 265 g/mol. The third-order valence-corrected chi connectivity index (χ3v) is 2.73. The Labute approximate surface area is 112 Å². The van der Waals surface area contributed by atoms with Gasteiger partial charge in [0.1, 0.15) is 5.75 Å². The fourth-order valence-corrected chi connectivity index (χ4v) is 1.60. The number of benzene rings is 1. The van der Waals surface area contributed by atoms with Gasteiger partial charge in [0.15, 0.2) is 0 Å². The highest BCUT2D eigenvalue weighted by atomic mass is 16.5. The average Bonchev–Trinajstić information content (AvgIpc) is 2.44. The smallest absolute Gasteiger partial charge is 0.306 e. The molecule has 0 saturated carbocycles. The van der Waals surface area contributed by atoms with Gasteiger partial charge in [0.05, 0.1) is 26.3 Å². The number of esters is 1. The molecule has 5 nitrogen and oxygen atoms in total. The van der Waals surface area contributed by atoms with Crippen LogP contribution in [0.25, 0.3) is 0 Å². The minimum absolute atomic E-state index is 0.0676. The summed E-state index contributed by atoms with van der Waals surface area (Å²) in [5, 5.41) is 2.74. The third-order valence-electron chi connectivity index (χ3n) is 2.73. The van der Waals surface area contributed by atoms with Gasteiger partial charge < -0.3 is 14.8 Å². The molecule has 0 saturated heterocycles. The molecule has 5 heteroatoms. The molecule has 0 spiro atoms. The van der Waals surface area contributed by atoms with Crippen molar-refractivity contribution in [3.63, 3.8) is 0 Å². The maximum absolute atomic E-state index is 11.7. The molecular weight excluding hydrogens is 246 g/mol. The lowest BCUT2D eigenvalue weighted by molar-refractivity contribution is -0.141. The zero-order valence-electron chi connectivity index (χ0n) is 11.5. The van der Waals surface area contributed by atoms with Crippen LogP contribution in [0.3, 0.4) is 0 Å². The number of carbonyl (C=O) groups excluding carboxylic acids is 2. The van der Waals surface area contributed by atoms with Crippen molar-refractivity contribution in [3.8, 4) is 5.75 Å². The summed E-state index contributed by atoms with van der Waals surface area (Å²) in [6.07, 6.45) is 1.03. The highest BCUT2D eigenvalue weighted by molar-refractivity contribution is 5.94. The van der Waals surface area contributed by atoms with E-state index in [2.05, 4.69) is 10.1 Å². The summed E-state index contributed by atoms with van der Waals surface area (Å²) in [5.41, 5.74) is 1.72. The number of nitrogens with one attached hydrogen (secondary N) is 1. The van der Waals surface area contributed by atoms with Gasteiger partial charge in [-0.15, -0.1) is 0 Å². The Hall–Kier alpha value is -2.04. The fraction of sp³-hybridized carbons (Fsp3) is 0.429. The Morgan fingerprint density at radius 2 is 1.95 bits per heavy atom. The van der Waals surface area contributed by atoms with Crippen molar-refractivity contribution < 1.29 is 19.1 Å². The summed E-state index contributed by atoms with van der Waals surface area (Å²) in [7, 11) is 2.85. The van der Waals surface area contributed by atoms with Crippen molar-refractivity contribution in [2.45, 2.75) is 26.2 Å². The highest BCUT2D eigenvalue weighted by Crippen LogP contribution is 2.25. The first-order chi connectivity index (χ1) is 9.10. The van der Waals surface area contributed by atoms with Crippen molar-refractivity contribution in [3.05, 3.63) is 23.8 Å². The molecule has 1 aromatic rings. The van der Waals surface area contributed by atoms with Crippen LogP contribution >= 0.6 is 0 Å². The SMILES string of the molecule is CCc1ccc(OC)c(NC(=O)CCC(=O)OC)c1. The number of methoxy groups -OCH3 is 2. The van der Waals surface area contributed by atoms with E-state index in [9.17, 15) is 9.59 Å². The van der Waals surface area contributed by atoms with Gasteiger partial charge in [-0.05, 0) is 24.1 Å². The van der Waals surface area contributed by atoms with Gasteiger partial charge in [-0.3, -0.25) is 9.59 Å². The van der Waals surface area contributed by atoms with E-state index in [0.29, 0.717) is 11.4 Å². The first kappa shape index (κ1) is 15.0. The van der Waals surface area contributed by atoms with E-state index in [4.69, 9.17) is 4.74 Å². The van der Waals surface area contributed by atoms with Gasteiger partial charge in [0, 0.05) is 6.42 Å². The summed E-state index contributed by atoms with van der Waals surface area (Å²) in [6, 6.07) is 5.63. The second kappa shape index (κ2) is 7.41. The maximum Gasteiger partial charge on any atom is 0.306 e. The van der Waals surface area contributed by atoms with Gasteiger partial charge in [0.25, 0.3) is 0 Å². The number of ether oxygens (including phenoxy) is 2. The predicted molar refractivity (Wildman–Crippen MR) is 72.3 cm³/mol. The minimum Gasteiger partial charge on any atom is -0.495 e. The molecular formula is C14H19NO4. The summed E-state index contributed by atoms with van der Waals surface area (Å²) >= 11 is 0. The predicted octanol–water partition coefficient (Wildman–Crippen LogP) is 2.15.